The average Bonchev–Trinajstić information content (AvgIpc) is 2.71. The summed E-state index contributed by atoms with van der Waals surface area (Å²) < 4.78 is 0. The van der Waals surface area contributed by atoms with Gasteiger partial charge in [0.25, 0.3) is 0 Å². The van der Waals surface area contributed by atoms with Crippen LogP contribution >= 0.6 is 0 Å². The van der Waals surface area contributed by atoms with E-state index in [-0.39, 0.29) is 16.7 Å². The van der Waals surface area contributed by atoms with Crippen LogP contribution in [0.3, 0.4) is 0 Å². The van der Waals surface area contributed by atoms with Crippen molar-refractivity contribution in [2.75, 3.05) is 17.2 Å². The quantitative estimate of drug-likeness (QED) is 0.638. The largest absolute Gasteiger partial charge is 0.370 e. The highest BCUT2D eigenvalue weighted by Gasteiger charge is 2.31. The van der Waals surface area contributed by atoms with Gasteiger partial charge in [-0.15, -0.1) is 0 Å². The van der Waals surface area contributed by atoms with Gasteiger partial charge in [0.2, 0.25) is 5.82 Å². The SMILES string of the molecule is CCNc1ccc([N+](=O)[O-])c(NC2CCC(C)C2C)n1. The van der Waals surface area contributed by atoms with Crippen LogP contribution in [0.15, 0.2) is 12.1 Å². The molecule has 0 bridgehead atoms. The van der Waals surface area contributed by atoms with Gasteiger partial charge in [-0.3, -0.25) is 10.1 Å². The van der Waals surface area contributed by atoms with Gasteiger partial charge >= 0.3 is 5.69 Å². The number of hydrogen-bond acceptors (Lipinski definition) is 5. The van der Waals surface area contributed by atoms with E-state index in [9.17, 15) is 10.1 Å². The van der Waals surface area contributed by atoms with Gasteiger partial charge in [-0.2, -0.15) is 0 Å². The Bertz CT molecular complexity index is 492. The van der Waals surface area contributed by atoms with Crippen LogP contribution in [0.5, 0.6) is 0 Å². The first-order chi connectivity index (χ1) is 9.52. The van der Waals surface area contributed by atoms with Gasteiger partial charge in [-0.1, -0.05) is 13.8 Å². The lowest BCUT2D eigenvalue weighted by Gasteiger charge is -2.20. The van der Waals surface area contributed by atoms with Crippen molar-refractivity contribution in [2.24, 2.45) is 11.8 Å². The molecule has 0 saturated heterocycles. The Morgan fingerprint density at radius 2 is 2.15 bits per heavy atom. The molecule has 1 aromatic rings. The summed E-state index contributed by atoms with van der Waals surface area (Å²) in [6.07, 6.45) is 2.19. The van der Waals surface area contributed by atoms with E-state index in [4.69, 9.17) is 0 Å². The number of nitrogens with zero attached hydrogens (tertiary/aromatic N) is 2. The Morgan fingerprint density at radius 1 is 1.40 bits per heavy atom. The zero-order valence-electron chi connectivity index (χ0n) is 12.2. The number of nitro groups is 1. The minimum atomic E-state index is -0.381. The van der Waals surface area contributed by atoms with Crippen LogP contribution in [0, 0.1) is 22.0 Å². The maximum absolute atomic E-state index is 11.1. The standard InChI is InChI=1S/C14H22N4O2/c1-4-15-13-8-7-12(18(19)20)14(17-13)16-11-6-5-9(2)10(11)3/h7-11H,4-6H2,1-3H3,(H2,15,16,17). The lowest BCUT2D eigenvalue weighted by Crippen LogP contribution is -2.25. The Labute approximate surface area is 119 Å². The molecule has 6 nitrogen and oxygen atoms in total. The van der Waals surface area contributed by atoms with Crippen LogP contribution in [0.1, 0.15) is 33.6 Å². The maximum atomic E-state index is 11.1. The van der Waals surface area contributed by atoms with Crippen LogP contribution in [-0.4, -0.2) is 22.5 Å². The first-order valence-corrected chi connectivity index (χ1v) is 7.18. The van der Waals surface area contributed by atoms with Gasteiger partial charge < -0.3 is 10.6 Å². The molecule has 1 heterocycles. The van der Waals surface area contributed by atoms with Crippen LogP contribution in [0.2, 0.25) is 0 Å². The van der Waals surface area contributed by atoms with E-state index in [2.05, 4.69) is 29.5 Å². The van der Waals surface area contributed by atoms with Crippen molar-refractivity contribution in [3.8, 4) is 0 Å². The van der Waals surface area contributed by atoms with E-state index in [0.717, 1.165) is 19.4 Å². The molecule has 0 aromatic carbocycles. The number of aromatic nitrogens is 1. The molecule has 20 heavy (non-hydrogen) atoms. The molecule has 3 unspecified atom stereocenters. The van der Waals surface area contributed by atoms with Crippen molar-refractivity contribution in [1.82, 2.24) is 4.98 Å². The van der Waals surface area contributed by atoms with Crippen LogP contribution in [0.25, 0.3) is 0 Å². The van der Waals surface area contributed by atoms with E-state index in [1.165, 1.54) is 6.07 Å². The molecule has 1 aliphatic carbocycles. The lowest BCUT2D eigenvalue weighted by molar-refractivity contribution is -0.384. The molecule has 6 heteroatoms. The molecule has 1 aromatic heterocycles. The molecule has 110 valence electrons. The number of anilines is 2. The van der Waals surface area contributed by atoms with Gasteiger partial charge in [0.15, 0.2) is 0 Å². The van der Waals surface area contributed by atoms with Crippen molar-refractivity contribution in [3.63, 3.8) is 0 Å². The maximum Gasteiger partial charge on any atom is 0.311 e. The second kappa shape index (κ2) is 6.07. The van der Waals surface area contributed by atoms with E-state index in [0.29, 0.717) is 23.5 Å². The molecule has 1 fully saturated rings. The van der Waals surface area contributed by atoms with Crippen molar-refractivity contribution >= 4 is 17.3 Å². The minimum absolute atomic E-state index is 0.0402. The normalized spacial score (nSPS) is 25.4. The zero-order chi connectivity index (χ0) is 14.7. The predicted octanol–water partition coefficient (Wildman–Crippen LogP) is 3.27. The predicted molar refractivity (Wildman–Crippen MR) is 80.0 cm³/mol. The fourth-order valence-electron chi connectivity index (χ4n) is 2.73. The summed E-state index contributed by atoms with van der Waals surface area (Å²) >= 11 is 0. The first kappa shape index (κ1) is 14.6. The van der Waals surface area contributed by atoms with Crippen LogP contribution in [0.4, 0.5) is 17.3 Å². The molecule has 1 aliphatic rings. The molecular formula is C14H22N4O2. The number of rotatable bonds is 5. The Balaban J connectivity index is 2.23. The van der Waals surface area contributed by atoms with Crippen molar-refractivity contribution in [2.45, 2.75) is 39.7 Å². The monoisotopic (exact) mass is 278 g/mol. The molecular weight excluding hydrogens is 256 g/mol. The summed E-state index contributed by atoms with van der Waals surface area (Å²) in [4.78, 5) is 15.1. The highest BCUT2D eigenvalue weighted by molar-refractivity contribution is 5.60. The zero-order valence-corrected chi connectivity index (χ0v) is 12.2. The van der Waals surface area contributed by atoms with Crippen molar-refractivity contribution < 1.29 is 4.92 Å². The van der Waals surface area contributed by atoms with Crippen molar-refractivity contribution in [1.29, 1.82) is 0 Å². The first-order valence-electron chi connectivity index (χ1n) is 7.18. The molecule has 0 aliphatic heterocycles. The molecule has 0 spiro atoms. The van der Waals surface area contributed by atoms with Gasteiger partial charge in [0.1, 0.15) is 5.82 Å². The molecule has 1 saturated carbocycles. The third kappa shape index (κ3) is 3.00. The van der Waals surface area contributed by atoms with Crippen LogP contribution in [-0.2, 0) is 0 Å². The minimum Gasteiger partial charge on any atom is -0.370 e. The number of nitrogens with one attached hydrogen (secondary N) is 2. The fraction of sp³-hybridized carbons (Fsp3) is 0.643. The second-order valence-electron chi connectivity index (χ2n) is 5.52. The molecule has 0 radical (unpaired) electrons. The van der Waals surface area contributed by atoms with Gasteiger partial charge in [-0.25, -0.2) is 4.98 Å². The van der Waals surface area contributed by atoms with E-state index in [1.807, 2.05) is 6.92 Å². The second-order valence-corrected chi connectivity index (χ2v) is 5.52. The lowest BCUT2D eigenvalue weighted by atomic mass is 9.98. The van der Waals surface area contributed by atoms with E-state index >= 15 is 0 Å². The average molecular weight is 278 g/mol. The third-order valence-electron chi connectivity index (χ3n) is 4.22. The van der Waals surface area contributed by atoms with Crippen molar-refractivity contribution in [3.05, 3.63) is 22.2 Å². The van der Waals surface area contributed by atoms with Gasteiger partial charge in [0.05, 0.1) is 4.92 Å². The highest BCUT2D eigenvalue weighted by atomic mass is 16.6. The molecule has 0 amide bonds. The summed E-state index contributed by atoms with van der Waals surface area (Å²) in [6, 6.07) is 3.41. The number of pyridine rings is 1. The smallest absolute Gasteiger partial charge is 0.311 e. The fourth-order valence-corrected chi connectivity index (χ4v) is 2.73. The summed E-state index contributed by atoms with van der Waals surface area (Å²) in [5, 5.41) is 17.5. The molecule has 2 rings (SSSR count). The summed E-state index contributed by atoms with van der Waals surface area (Å²) in [5.74, 6) is 2.18. The topological polar surface area (TPSA) is 80.1 Å². The summed E-state index contributed by atoms with van der Waals surface area (Å²) in [7, 11) is 0. The van der Waals surface area contributed by atoms with Crippen LogP contribution < -0.4 is 10.6 Å². The summed E-state index contributed by atoms with van der Waals surface area (Å²) in [5.41, 5.74) is 0.0402. The van der Waals surface area contributed by atoms with E-state index in [1.54, 1.807) is 6.07 Å². The Kier molecular flexibility index (Phi) is 4.42. The summed E-state index contributed by atoms with van der Waals surface area (Å²) in [6.45, 7) is 7.12. The third-order valence-corrected chi connectivity index (χ3v) is 4.22. The Hall–Kier alpha value is -1.85. The molecule has 3 atom stereocenters. The Morgan fingerprint density at radius 3 is 2.70 bits per heavy atom. The molecule has 2 N–H and O–H groups in total. The number of hydrogen-bond donors (Lipinski definition) is 2. The highest BCUT2D eigenvalue weighted by Crippen LogP contribution is 2.35. The van der Waals surface area contributed by atoms with E-state index < -0.39 is 0 Å². The van der Waals surface area contributed by atoms with Gasteiger partial charge in [-0.05, 0) is 37.7 Å². The van der Waals surface area contributed by atoms with Gasteiger partial charge in [0, 0.05) is 18.7 Å².